The third-order valence-electron chi connectivity index (χ3n) is 7.20. The molecule has 6 heteroatoms. The molecule has 0 spiro atoms. The predicted octanol–water partition coefficient (Wildman–Crippen LogP) is 5.10. The maximum absolute atomic E-state index is 13.5. The van der Waals surface area contributed by atoms with Crippen molar-refractivity contribution in [3.05, 3.63) is 96.1 Å². The van der Waals surface area contributed by atoms with Gasteiger partial charge >= 0.3 is 0 Å². The van der Waals surface area contributed by atoms with Crippen molar-refractivity contribution in [2.45, 2.75) is 31.3 Å². The van der Waals surface area contributed by atoms with Crippen LogP contribution in [0.5, 0.6) is 0 Å². The van der Waals surface area contributed by atoms with Crippen molar-refractivity contribution in [3.63, 3.8) is 0 Å². The molecule has 1 fully saturated rings. The molecule has 5 rings (SSSR count). The fourth-order valence-electron chi connectivity index (χ4n) is 5.53. The summed E-state index contributed by atoms with van der Waals surface area (Å²) in [7, 11) is 4.01. The highest BCUT2D eigenvalue weighted by molar-refractivity contribution is 5.92. The lowest BCUT2D eigenvalue weighted by atomic mass is 9.77. The third-order valence-corrected chi connectivity index (χ3v) is 7.20. The summed E-state index contributed by atoms with van der Waals surface area (Å²) in [5.74, 6) is 1.70. The number of anilines is 2. The van der Waals surface area contributed by atoms with E-state index in [9.17, 15) is 4.79 Å². The number of para-hydroxylation sites is 1. The average Bonchev–Trinajstić information content (AvgIpc) is 2.90. The van der Waals surface area contributed by atoms with E-state index < -0.39 is 5.54 Å². The van der Waals surface area contributed by atoms with E-state index in [2.05, 4.69) is 40.5 Å². The Morgan fingerprint density at radius 1 is 0.861 bits per heavy atom. The lowest BCUT2D eigenvalue weighted by molar-refractivity contribution is -0.128. The Kier molecular flexibility index (Phi) is 6.70. The Morgan fingerprint density at radius 2 is 1.42 bits per heavy atom. The standard InChI is InChI=1S/C30H33N5O/c1-22(36)30(23-12-6-4-7-13-23,24-14-8-5-9-15-24)35-20-18-25(19-21-35)31-29-32-27-17-11-10-16-26(27)28(33-29)34(2)3/h4-17,25H,18-21H2,1-3H3,(H,31,32,33). The van der Waals surface area contributed by atoms with Crippen LogP contribution in [0.1, 0.15) is 30.9 Å². The summed E-state index contributed by atoms with van der Waals surface area (Å²) in [6, 6.07) is 28.7. The van der Waals surface area contributed by atoms with Crippen molar-refractivity contribution < 1.29 is 4.79 Å². The van der Waals surface area contributed by atoms with Gasteiger partial charge in [0.1, 0.15) is 11.4 Å². The monoisotopic (exact) mass is 479 g/mol. The zero-order valence-corrected chi connectivity index (χ0v) is 21.2. The molecule has 3 aromatic carbocycles. The lowest BCUT2D eigenvalue weighted by Gasteiger charge is -2.46. The quantitative estimate of drug-likeness (QED) is 0.398. The molecule has 6 nitrogen and oxygen atoms in total. The minimum Gasteiger partial charge on any atom is -0.362 e. The summed E-state index contributed by atoms with van der Waals surface area (Å²) < 4.78 is 0. The minimum atomic E-state index is -0.801. The maximum Gasteiger partial charge on any atom is 0.225 e. The van der Waals surface area contributed by atoms with E-state index in [0.29, 0.717) is 5.95 Å². The summed E-state index contributed by atoms with van der Waals surface area (Å²) in [4.78, 5) is 27.5. The van der Waals surface area contributed by atoms with Gasteiger partial charge in [-0.2, -0.15) is 4.98 Å². The average molecular weight is 480 g/mol. The van der Waals surface area contributed by atoms with Crippen LogP contribution in [-0.4, -0.2) is 53.9 Å². The third kappa shape index (κ3) is 4.33. The highest BCUT2D eigenvalue weighted by Gasteiger charge is 2.45. The molecule has 36 heavy (non-hydrogen) atoms. The molecule has 0 amide bonds. The number of nitrogens with one attached hydrogen (secondary N) is 1. The number of aromatic nitrogens is 2. The van der Waals surface area contributed by atoms with Crippen LogP contribution in [0, 0.1) is 0 Å². The molecule has 2 heterocycles. The molecular weight excluding hydrogens is 446 g/mol. The van der Waals surface area contributed by atoms with Crippen LogP contribution >= 0.6 is 0 Å². The summed E-state index contributed by atoms with van der Waals surface area (Å²) >= 11 is 0. The lowest BCUT2D eigenvalue weighted by Crippen LogP contribution is -2.56. The highest BCUT2D eigenvalue weighted by atomic mass is 16.1. The Bertz CT molecular complexity index is 1290. The number of likely N-dealkylation sites (tertiary alicyclic amines) is 1. The van der Waals surface area contributed by atoms with Crippen molar-refractivity contribution in [3.8, 4) is 0 Å². The van der Waals surface area contributed by atoms with Crippen LogP contribution in [0.3, 0.4) is 0 Å². The number of carbonyl (C=O) groups is 1. The van der Waals surface area contributed by atoms with Crippen LogP contribution < -0.4 is 10.2 Å². The Hall–Kier alpha value is -3.77. The summed E-state index contributed by atoms with van der Waals surface area (Å²) in [6.07, 6.45) is 1.78. The van der Waals surface area contributed by atoms with Crippen molar-refractivity contribution >= 4 is 28.5 Å². The number of benzene rings is 3. The van der Waals surface area contributed by atoms with E-state index >= 15 is 0 Å². The van der Waals surface area contributed by atoms with Crippen molar-refractivity contribution in [2.75, 3.05) is 37.4 Å². The Balaban J connectivity index is 1.42. The first-order valence-electron chi connectivity index (χ1n) is 12.6. The number of nitrogens with zero attached hydrogens (tertiary/aromatic N) is 4. The van der Waals surface area contributed by atoms with E-state index in [0.717, 1.165) is 53.8 Å². The van der Waals surface area contributed by atoms with Gasteiger partial charge in [-0.05, 0) is 43.0 Å². The van der Waals surface area contributed by atoms with Gasteiger partial charge in [0.15, 0.2) is 5.78 Å². The Labute approximate surface area is 213 Å². The molecule has 0 bridgehead atoms. The summed E-state index contributed by atoms with van der Waals surface area (Å²) in [5.41, 5.74) is 2.16. The van der Waals surface area contributed by atoms with Crippen LogP contribution in [0.2, 0.25) is 0 Å². The van der Waals surface area contributed by atoms with Gasteiger partial charge in [-0.15, -0.1) is 0 Å². The second-order valence-electron chi connectivity index (χ2n) is 9.69. The number of fused-ring (bicyclic) bond motifs is 1. The first-order chi connectivity index (χ1) is 17.5. The van der Waals surface area contributed by atoms with Gasteiger partial charge in [0, 0.05) is 38.6 Å². The summed E-state index contributed by atoms with van der Waals surface area (Å²) in [5, 5.41) is 4.63. The molecular formula is C30H33N5O. The highest BCUT2D eigenvalue weighted by Crippen LogP contribution is 2.39. The number of piperidine rings is 1. The zero-order valence-electron chi connectivity index (χ0n) is 21.2. The number of ketones is 1. The molecule has 0 radical (unpaired) electrons. The largest absolute Gasteiger partial charge is 0.362 e. The minimum absolute atomic E-state index is 0.139. The second kappa shape index (κ2) is 10.1. The van der Waals surface area contributed by atoms with Crippen LogP contribution in [0.4, 0.5) is 11.8 Å². The van der Waals surface area contributed by atoms with E-state index in [1.165, 1.54) is 0 Å². The number of hydrogen-bond acceptors (Lipinski definition) is 6. The van der Waals surface area contributed by atoms with E-state index in [4.69, 9.17) is 9.97 Å². The van der Waals surface area contributed by atoms with Gasteiger partial charge in [-0.25, -0.2) is 4.98 Å². The second-order valence-corrected chi connectivity index (χ2v) is 9.69. The number of carbonyl (C=O) groups excluding carboxylic acids is 1. The molecule has 0 saturated carbocycles. The van der Waals surface area contributed by atoms with Gasteiger partial charge < -0.3 is 10.2 Å². The smallest absolute Gasteiger partial charge is 0.225 e. The molecule has 0 atom stereocenters. The van der Waals surface area contributed by atoms with Gasteiger partial charge in [0.2, 0.25) is 5.95 Å². The number of hydrogen-bond donors (Lipinski definition) is 1. The van der Waals surface area contributed by atoms with E-state index in [1.54, 1.807) is 6.92 Å². The van der Waals surface area contributed by atoms with E-state index in [-0.39, 0.29) is 11.8 Å². The number of Topliss-reactive ketones (excluding diaryl/α,β-unsaturated/α-hetero) is 1. The SMILES string of the molecule is CC(=O)C(c1ccccc1)(c1ccccc1)N1CCC(Nc2nc(N(C)C)c3ccccc3n2)CC1. The summed E-state index contributed by atoms with van der Waals surface area (Å²) in [6.45, 7) is 3.29. The van der Waals surface area contributed by atoms with Crippen LogP contribution in [0.25, 0.3) is 10.9 Å². The van der Waals surface area contributed by atoms with Gasteiger partial charge in [-0.3, -0.25) is 9.69 Å². The molecule has 0 unspecified atom stereocenters. The van der Waals surface area contributed by atoms with Crippen LogP contribution in [0.15, 0.2) is 84.9 Å². The number of rotatable bonds is 7. The molecule has 184 valence electrons. The maximum atomic E-state index is 13.5. The van der Waals surface area contributed by atoms with Crippen molar-refractivity contribution in [1.29, 1.82) is 0 Å². The molecule has 1 aliphatic heterocycles. The van der Waals surface area contributed by atoms with Crippen molar-refractivity contribution in [1.82, 2.24) is 14.9 Å². The molecule has 1 aromatic heterocycles. The van der Waals surface area contributed by atoms with Crippen molar-refractivity contribution in [2.24, 2.45) is 0 Å². The molecule has 4 aromatic rings. The van der Waals surface area contributed by atoms with Gasteiger partial charge in [-0.1, -0.05) is 72.8 Å². The van der Waals surface area contributed by atoms with Gasteiger partial charge in [0.05, 0.1) is 5.52 Å². The van der Waals surface area contributed by atoms with Crippen LogP contribution in [-0.2, 0) is 10.3 Å². The Morgan fingerprint density at radius 3 is 1.97 bits per heavy atom. The molecule has 1 aliphatic rings. The molecule has 1 N–H and O–H groups in total. The fourth-order valence-corrected chi connectivity index (χ4v) is 5.53. The van der Waals surface area contributed by atoms with Gasteiger partial charge in [0.25, 0.3) is 0 Å². The molecule has 0 aliphatic carbocycles. The molecule has 1 saturated heterocycles. The first kappa shape index (κ1) is 23.9. The predicted molar refractivity (Wildman–Crippen MR) is 146 cm³/mol. The fraction of sp³-hybridized carbons (Fsp3) is 0.300. The first-order valence-corrected chi connectivity index (χ1v) is 12.6. The zero-order chi connectivity index (χ0) is 25.1. The topological polar surface area (TPSA) is 61.4 Å². The normalized spacial score (nSPS) is 15.1. The van der Waals surface area contributed by atoms with E-state index in [1.807, 2.05) is 73.6 Å².